The molecule has 0 unspecified atom stereocenters. The van der Waals surface area contributed by atoms with Gasteiger partial charge in [0.05, 0.1) is 15.5 Å². The third-order valence-electron chi connectivity index (χ3n) is 5.58. The Hall–Kier alpha value is -3.28. The molecular weight excluding hydrogens is 617 g/mol. The molecule has 0 heterocycles. The minimum Gasteiger partial charge on any atom is -0.325 e. The molecule has 0 fully saturated rings. The smallest absolute Gasteiger partial charge is 0.264 e. The van der Waals surface area contributed by atoms with E-state index in [-0.39, 0.29) is 31.2 Å². The lowest BCUT2D eigenvalue weighted by Crippen LogP contribution is -2.38. The number of rotatable bonds is 9. The van der Waals surface area contributed by atoms with Crippen LogP contribution in [0.15, 0.2) is 101 Å². The van der Waals surface area contributed by atoms with E-state index >= 15 is 0 Å². The van der Waals surface area contributed by atoms with Gasteiger partial charge in [0.1, 0.15) is 6.54 Å². The standard InChI is InChI=1S/C27H22Cl3N3O5S2/c1-18-2-10-26(11-3-18)40(37,38)33(24-15-20(29)14-21(30)16-24)17-27(34)31-22-8-12-25(13-9-22)39(35,36)32-23-6-4-19(28)5-7-23/h2-16,32H,17H2,1H3,(H,31,34). The second kappa shape index (κ2) is 12.1. The lowest BCUT2D eigenvalue weighted by Gasteiger charge is -2.24. The summed E-state index contributed by atoms with van der Waals surface area (Å²) in [7, 11) is -8.10. The third-order valence-corrected chi connectivity index (χ3v) is 9.45. The molecule has 0 aliphatic rings. The van der Waals surface area contributed by atoms with E-state index < -0.39 is 32.5 Å². The Morgan fingerprint density at radius 2 is 1.23 bits per heavy atom. The first-order valence-electron chi connectivity index (χ1n) is 11.6. The Morgan fingerprint density at radius 1 is 0.700 bits per heavy atom. The first-order chi connectivity index (χ1) is 18.8. The van der Waals surface area contributed by atoms with Crippen LogP contribution in [0, 0.1) is 6.92 Å². The number of halogens is 3. The number of anilines is 3. The molecule has 0 saturated carbocycles. The predicted molar refractivity (Wildman–Crippen MR) is 160 cm³/mol. The van der Waals surface area contributed by atoms with Crippen LogP contribution < -0.4 is 14.3 Å². The molecule has 0 saturated heterocycles. The van der Waals surface area contributed by atoms with Crippen molar-refractivity contribution in [2.24, 2.45) is 0 Å². The molecule has 0 bridgehead atoms. The van der Waals surface area contributed by atoms with Crippen LogP contribution in [0.5, 0.6) is 0 Å². The van der Waals surface area contributed by atoms with E-state index in [2.05, 4.69) is 10.0 Å². The van der Waals surface area contributed by atoms with Gasteiger partial charge in [0, 0.05) is 26.4 Å². The molecule has 0 spiro atoms. The summed E-state index contributed by atoms with van der Waals surface area (Å²) in [4.78, 5) is 13.0. The Balaban J connectivity index is 1.55. The molecule has 208 valence electrons. The highest BCUT2D eigenvalue weighted by molar-refractivity contribution is 7.93. The first-order valence-corrected chi connectivity index (χ1v) is 15.6. The van der Waals surface area contributed by atoms with Gasteiger partial charge in [-0.1, -0.05) is 52.5 Å². The summed E-state index contributed by atoms with van der Waals surface area (Å²) in [5.74, 6) is -0.679. The van der Waals surface area contributed by atoms with Crippen molar-refractivity contribution in [3.8, 4) is 0 Å². The number of benzene rings is 4. The minimum absolute atomic E-state index is 0.0234. The zero-order valence-electron chi connectivity index (χ0n) is 20.8. The van der Waals surface area contributed by atoms with Gasteiger partial charge < -0.3 is 5.32 Å². The van der Waals surface area contributed by atoms with Crippen molar-refractivity contribution in [3.63, 3.8) is 0 Å². The second-order valence-corrected chi connectivity index (χ2v) is 13.5. The Morgan fingerprint density at radius 3 is 1.80 bits per heavy atom. The van der Waals surface area contributed by atoms with Gasteiger partial charge >= 0.3 is 0 Å². The Kier molecular flexibility index (Phi) is 8.96. The monoisotopic (exact) mass is 637 g/mol. The van der Waals surface area contributed by atoms with E-state index in [4.69, 9.17) is 34.8 Å². The normalized spacial score (nSPS) is 11.6. The molecule has 4 aromatic carbocycles. The van der Waals surface area contributed by atoms with Crippen LogP contribution in [0.2, 0.25) is 15.1 Å². The maximum absolute atomic E-state index is 13.6. The highest BCUT2D eigenvalue weighted by atomic mass is 35.5. The fourth-order valence-corrected chi connectivity index (χ4v) is 6.72. The summed E-state index contributed by atoms with van der Waals surface area (Å²) in [5.41, 5.74) is 1.55. The van der Waals surface area contributed by atoms with E-state index in [0.29, 0.717) is 10.7 Å². The number of sulfonamides is 2. The average molecular weight is 639 g/mol. The van der Waals surface area contributed by atoms with Crippen LogP contribution in [-0.4, -0.2) is 29.3 Å². The Bertz CT molecular complexity index is 1730. The van der Waals surface area contributed by atoms with E-state index in [1.54, 1.807) is 24.3 Å². The number of amides is 1. The molecule has 0 aliphatic heterocycles. The number of aryl methyl sites for hydroxylation is 1. The fraction of sp³-hybridized carbons (Fsp3) is 0.0741. The van der Waals surface area contributed by atoms with Gasteiger partial charge in [0.15, 0.2) is 0 Å². The van der Waals surface area contributed by atoms with Crippen molar-refractivity contribution in [1.82, 2.24) is 0 Å². The maximum Gasteiger partial charge on any atom is 0.264 e. The van der Waals surface area contributed by atoms with Gasteiger partial charge in [0.2, 0.25) is 5.91 Å². The van der Waals surface area contributed by atoms with E-state index in [0.717, 1.165) is 9.87 Å². The van der Waals surface area contributed by atoms with Crippen LogP contribution in [0.25, 0.3) is 0 Å². The van der Waals surface area contributed by atoms with Crippen LogP contribution in [0.3, 0.4) is 0 Å². The van der Waals surface area contributed by atoms with Crippen LogP contribution in [0.4, 0.5) is 17.1 Å². The molecule has 0 aromatic heterocycles. The summed E-state index contributed by atoms with van der Waals surface area (Å²) in [5, 5.41) is 3.44. The van der Waals surface area contributed by atoms with Gasteiger partial charge in [-0.3, -0.25) is 13.8 Å². The predicted octanol–water partition coefficient (Wildman–Crippen LogP) is 6.59. The molecule has 2 N–H and O–H groups in total. The molecule has 1 amide bonds. The minimum atomic E-state index is -4.19. The van der Waals surface area contributed by atoms with Crippen molar-refractivity contribution in [2.45, 2.75) is 16.7 Å². The topological polar surface area (TPSA) is 113 Å². The summed E-state index contributed by atoms with van der Waals surface area (Å²) >= 11 is 18.1. The highest BCUT2D eigenvalue weighted by Gasteiger charge is 2.28. The molecule has 0 aliphatic carbocycles. The molecular formula is C27H22Cl3N3O5S2. The fourth-order valence-electron chi connectivity index (χ4n) is 3.62. The molecule has 4 rings (SSSR count). The van der Waals surface area contributed by atoms with E-state index in [1.165, 1.54) is 66.7 Å². The number of hydrogen-bond donors (Lipinski definition) is 2. The lowest BCUT2D eigenvalue weighted by molar-refractivity contribution is -0.114. The van der Waals surface area contributed by atoms with Crippen LogP contribution in [-0.2, 0) is 24.8 Å². The summed E-state index contributed by atoms with van der Waals surface area (Å²) in [6.45, 7) is 1.22. The quantitative estimate of drug-likeness (QED) is 0.215. The van der Waals surface area contributed by atoms with Crippen molar-refractivity contribution in [3.05, 3.63) is 112 Å². The van der Waals surface area contributed by atoms with Gasteiger partial charge in [-0.05, 0) is 85.8 Å². The van der Waals surface area contributed by atoms with Crippen molar-refractivity contribution in [2.75, 3.05) is 20.9 Å². The van der Waals surface area contributed by atoms with Gasteiger partial charge in [0.25, 0.3) is 20.0 Å². The molecule has 0 radical (unpaired) electrons. The van der Waals surface area contributed by atoms with Crippen molar-refractivity contribution < 1.29 is 21.6 Å². The molecule has 8 nitrogen and oxygen atoms in total. The molecule has 4 aromatic rings. The highest BCUT2D eigenvalue weighted by Crippen LogP contribution is 2.30. The summed E-state index contributed by atoms with van der Waals surface area (Å²) in [6.07, 6.45) is 0. The lowest BCUT2D eigenvalue weighted by atomic mass is 10.2. The first kappa shape index (κ1) is 29.7. The van der Waals surface area contributed by atoms with Crippen LogP contribution in [0.1, 0.15) is 5.56 Å². The Labute approximate surface area is 247 Å². The maximum atomic E-state index is 13.6. The molecule has 40 heavy (non-hydrogen) atoms. The second-order valence-electron chi connectivity index (χ2n) is 8.64. The number of carbonyl (C=O) groups is 1. The van der Waals surface area contributed by atoms with Gasteiger partial charge in [-0.15, -0.1) is 0 Å². The van der Waals surface area contributed by atoms with Crippen molar-refractivity contribution in [1.29, 1.82) is 0 Å². The summed E-state index contributed by atoms with van der Waals surface area (Å²) < 4.78 is 55.9. The number of hydrogen-bond acceptors (Lipinski definition) is 5. The van der Waals surface area contributed by atoms with Gasteiger partial charge in [-0.25, -0.2) is 16.8 Å². The summed E-state index contributed by atoms with van der Waals surface area (Å²) in [6, 6.07) is 22.0. The number of carbonyl (C=O) groups excluding carboxylic acids is 1. The van der Waals surface area contributed by atoms with Crippen LogP contribution >= 0.6 is 34.8 Å². The van der Waals surface area contributed by atoms with E-state index in [9.17, 15) is 21.6 Å². The largest absolute Gasteiger partial charge is 0.325 e. The SMILES string of the molecule is Cc1ccc(S(=O)(=O)N(CC(=O)Nc2ccc(S(=O)(=O)Nc3ccc(Cl)cc3)cc2)c2cc(Cl)cc(Cl)c2)cc1. The van der Waals surface area contributed by atoms with E-state index in [1.807, 2.05) is 6.92 Å². The third kappa shape index (κ3) is 7.26. The van der Waals surface area contributed by atoms with Crippen molar-refractivity contribution >= 4 is 77.8 Å². The zero-order chi connectivity index (χ0) is 29.1. The molecule has 13 heteroatoms. The average Bonchev–Trinajstić information content (AvgIpc) is 2.88. The number of nitrogens with zero attached hydrogens (tertiary/aromatic N) is 1. The molecule has 0 atom stereocenters. The number of nitrogens with one attached hydrogen (secondary N) is 2. The zero-order valence-corrected chi connectivity index (χ0v) is 24.7. The van der Waals surface area contributed by atoms with Gasteiger partial charge in [-0.2, -0.15) is 0 Å².